The fraction of sp³-hybridized carbons (Fsp3) is 0.214. The van der Waals surface area contributed by atoms with E-state index in [2.05, 4.69) is 11.4 Å². The Bertz CT molecular complexity index is 1320. The molecule has 0 radical (unpaired) electrons. The lowest BCUT2D eigenvalue weighted by Gasteiger charge is -2.24. The number of nitrogens with zero attached hydrogens (tertiary/aromatic N) is 3. The van der Waals surface area contributed by atoms with E-state index in [-0.39, 0.29) is 37.2 Å². The van der Waals surface area contributed by atoms with Gasteiger partial charge in [-0.15, -0.1) is 0 Å². The summed E-state index contributed by atoms with van der Waals surface area (Å²) in [5.74, 6) is -1.44. The fourth-order valence-corrected chi connectivity index (χ4v) is 4.47. The number of carbonyl (C=O) groups is 3. The highest BCUT2D eigenvalue weighted by atomic mass is 35.5. The molecule has 0 saturated carbocycles. The SMILES string of the molecule is CN(CC(=O)N1CC(C(=O)Nc2ccccc2)CC1C#N)C(=O)c1cccc(-c2cccc(Cl)c2)c1. The predicted molar refractivity (Wildman–Crippen MR) is 138 cm³/mol. The van der Waals surface area contributed by atoms with E-state index >= 15 is 0 Å². The molecule has 182 valence electrons. The highest BCUT2D eigenvalue weighted by Gasteiger charge is 2.39. The van der Waals surface area contributed by atoms with E-state index in [4.69, 9.17) is 11.6 Å². The van der Waals surface area contributed by atoms with Crippen molar-refractivity contribution in [3.8, 4) is 17.2 Å². The summed E-state index contributed by atoms with van der Waals surface area (Å²) in [5, 5.41) is 13.0. The van der Waals surface area contributed by atoms with Gasteiger partial charge < -0.3 is 15.1 Å². The van der Waals surface area contributed by atoms with Crippen molar-refractivity contribution >= 4 is 35.0 Å². The number of carbonyl (C=O) groups excluding carboxylic acids is 3. The lowest BCUT2D eigenvalue weighted by atomic mass is 10.0. The van der Waals surface area contributed by atoms with Crippen molar-refractivity contribution in [1.82, 2.24) is 9.80 Å². The van der Waals surface area contributed by atoms with Crippen LogP contribution in [-0.4, -0.2) is 53.7 Å². The Kier molecular flexibility index (Phi) is 7.67. The number of likely N-dealkylation sites (tertiary alicyclic amines) is 1. The highest BCUT2D eigenvalue weighted by molar-refractivity contribution is 6.30. The minimum atomic E-state index is -0.723. The van der Waals surface area contributed by atoms with Crippen LogP contribution in [0.3, 0.4) is 0 Å². The third kappa shape index (κ3) is 5.73. The van der Waals surface area contributed by atoms with Crippen molar-refractivity contribution in [2.45, 2.75) is 12.5 Å². The molecule has 2 atom stereocenters. The maximum Gasteiger partial charge on any atom is 0.254 e. The maximum atomic E-state index is 13.1. The van der Waals surface area contributed by atoms with Crippen LogP contribution in [0.25, 0.3) is 11.1 Å². The predicted octanol–water partition coefficient (Wildman–Crippen LogP) is 4.46. The molecule has 0 bridgehead atoms. The number of rotatable bonds is 6. The van der Waals surface area contributed by atoms with Crippen molar-refractivity contribution in [3.05, 3.63) is 89.4 Å². The van der Waals surface area contributed by atoms with Crippen molar-refractivity contribution in [2.75, 3.05) is 25.5 Å². The number of para-hydroxylation sites is 1. The Hall–Kier alpha value is -4.15. The van der Waals surface area contributed by atoms with Gasteiger partial charge in [-0.3, -0.25) is 14.4 Å². The van der Waals surface area contributed by atoms with Crippen molar-refractivity contribution < 1.29 is 14.4 Å². The van der Waals surface area contributed by atoms with Crippen LogP contribution in [0.15, 0.2) is 78.9 Å². The molecule has 8 heteroatoms. The molecule has 3 aromatic rings. The van der Waals surface area contributed by atoms with Gasteiger partial charge in [0.25, 0.3) is 5.91 Å². The molecule has 3 aromatic carbocycles. The number of halogens is 1. The largest absolute Gasteiger partial charge is 0.332 e. The molecular formula is C28H25ClN4O3. The van der Waals surface area contributed by atoms with Crippen LogP contribution in [0.1, 0.15) is 16.8 Å². The van der Waals surface area contributed by atoms with Gasteiger partial charge in [-0.05, 0) is 53.9 Å². The Morgan fingerprint density at radius 2 is 1.72 bits per heavy atom. The topological polar surface area (TPSA) is 93.5 Å². The molecule has 4 rings (SSSR count). The number of amides is 3. The van der Waals surface area contributed by atoms with Crippen LogP contribution in [-0.2, 0) is 9.59 Å². The summed E-state index contributed by atoms with van der Waals surface area (Å²) in [7, 11) is 1.54. The van der Waals surface area contributed by atoms with Crippen LogP contribution in [0.5, 0.6) is 0 Å². The van der Waals surface area contributed by atoms with Gasteiger partial charge in [0.15, 0.2) is 0 Å². The molecule has 3 amide bonds. The van der Waals surface area contributed by atoms with Crippen LogP contribution < -0.4 is 5.32 Å². The molecule has 1 heterocycles. The zero-order chi connectivity index (χ0) is 25.7. The van der Waals surface area contributed by atoms with E-state index in [0.29, 0.717) is 16.3 Å². The standard InChI is InChI=1S/C28H25ClN4O3/c1-32(28(36)21-9-5-7-19(13-21)20-8-6-10-23(29)14-20)18-26(34)33-17-22(15-25(33)16-30)27(35)31-24-11-3-2-4-12-24/h2-14,22,25H,15,17-18H2,1H3,(H,31,35). The summed E-state index contributed by atoms with van der Waals surface area (Å²) >= 11 is 6.10. The number of anilines is 1. The van der Waals surface area contributed by atoms with E-state index < -0.39 is 12.0 Å². The molecule has 1 saturated heterocycles. The molecule has 7 nitrogen and oxygen atoms in total. The Balaban J connectivity index is 1.40. The summed E-state index contributed by atoms with van der Waals surface area (Å²) in [4.78, 5) is 41.5. The average molecular weight is 501 g/mol. The third-order valence-corrected chi connectivity index (χ3v) is 6.40. The smallest absolute Gasteiger partial charge is 0.254 e. The number of hydrogen-bond donors (Lipinski definition) is 1. The zero-order valence-electron chi connectivity index (χ0n) is 19.7. The number of benzene rings is 3. The first-order valence-corrected chi connectivity index (χ1v) is 11.9. The summed E-state index contributed by atoms with van der Waals surface area (Å²) < 4.78 is 0. The van der Waals surface area contributed by atoms with Crippen molar-refractivity contribution in [1.29, 1.82) is 5.26 Å². The second kappa shape index (κ2) is 11.1. The van der Waals surface area contributed by atoms with Gasteiger partial charge in [-0.25, -0.2) is 0 Å². The normalized spacial score (nSPS) is 16.8. The molecule has 36 heavy (non-hydrogen) atoms. The van der Waals surface area contributed by atoms with Crippen LogP contribution in [0.2, 0.25) is 5.02 Å². The molecule has 1 aliphatic rings. The first kappa shape index (κ1) is 25.0. The first-order valence-electron chi connectivity index (χ1n) is 11.5. The summed E-state index contributed by atoms with van der Waals surface area (Å²) in [6.45, 7) is -0.0760. The molecule has 1 N–H and O–H groups in total. The van der Waals surface area contributed by atoms with Gasteiger partial charge in [-0.1, -0.05) is 54.1 Å². The number of likely N-dealkylation sites (N-methyl/N-ethyl adjacent to an activating group) is 1. The third-order valence-electron chi connectivity index (χ3n) is 6.17. The molecule has 0 spiro atoms. The number of nitrogens with one attached hydrogen (secondary N) is 1. The summed E-state index contributed by atoms with van der Waals surface area (Å²) in [5.41, 5.74) is 2.80. The van der Waals surface area contributed by atoms with E-state index in [1.54, 1.807) is 43.4 Å². The minimum absolute atomic E-state index is 0.127. The molecule has 0 aromatic heterocycles. The van der Waals surface area contributed by atoms with E-state index in [0.717, 1.165) is 11.1 Å². The van der Waals surface area contributed by atoms with Gasteiger partial charge in [0.1, 0.15) is 6.04 Å². The van der Waals surface area contributed by atoms with Gasteiger partial charge >= 0.3 is 0 Å². The summed E-state index contributed by atoms with van der Waals surface area (Å²) in [6.07, 6.45) is 0.250. The van der Waals surface area contributed by atoms with Gasteiger partial charge in [0.05, 0.1) is 18.5 Å². The highest BCUT2D eigenvalue weighted by Crippen LogP contribution is 2.26. The quantitative estimate of drug-likeness (QED) is 0.540. The lowest BCUT2D eigenvalue weighted by molar-refractivity contribution is -0.131. The average Bonchev–Trinajstić information content (AvgIpc) is 3.34. The molecule has 2 unspecified atom stereocenters. The van der Waals surface area contributed by atoms with Crippen LogP contribution in [0.4, 0.5) is 5.69 Å². The second-order valence-corrected chi connectivity index (χ2v) is 9.17. The molecule has 0 aliphatic carbocycles. The van der Waals surface area contributed by atoms with Crippen molar-refractivity contribution in [3.63, 3.8) is 0 Å². The first-order chi connectivity index (χ1) is 17.4. The van der Waals surface area contributed by atoms with Crippen LogP contribution in [0, 0.1) is 17.2 Å². The fourth-order valence-electron chi connectivity index (χ4n) is 4.28. The van der Waals surface area contributed by atoms with E-state index in [1.165, 1.54) is 9.80 Å². The Morgan fingerprint density at radius 1 is 1.03 bits per heavy atom. The summed E-state index contributed by atoms with van der Waals surface area (Å²) in [6, 6.07) is 24.9. The lowest BCUT2D eigenvalue weighted by Crippen LogP contribution is -2.43. The van der Waals surface area contributed by atoms with Gasteiger partial charge in [0, 0.05) is 29.9 Å². The van der Waals surface area contributed by atoms with Gasteiger partial charge in [-0.2, -0.15) is 5.26 Å². The number of nitriles is 1. The molecule has 1 fully saturated rings. The minimum Gasteiger partial charge on any atom is -0.332 e. The zero-order valence-corrected chi connectivity index (χ0v) is 20.5. The van der Waals surface area contributed by atoms with E-state index in [9.17, 15) is 19.6 Å². The Labute approximate surface area is 214 Å². The molecule has 1 aliphatic heterocycles. The maximum absolute atomic E-state index is 13.1. The van der Waals surface area contributed by atoms with Gasteiger partial charge in [0.2, 0.25) is 11.8 Å². The molecular weight excluding hydrogens is 476 g/mol. The van der Waals surface area contributed by atoms with Crippen molar-refractivity contribution in [2.24, 2.45) is 5.92 Å². The monoisotopic (exact) mass is 500 g/mol. The van der Waals surface area contributed by atoms with E-state index in [1.807, 2.05) is 42.5 Å². The second-order valence-electron chi connectivity index (χ2n) is 8.73. The van der Waals surface area contributed by atoms with Crippen LogP contribution >= 0.6 is 11.6 Å². The Morgan fingerprint density at radius 3 is 2.42 bits per heavy atom. The number of hydrogen-bond acceptors (Lipinski definition) is 4.